The Morgan fingerprint density at radius 2 is 1.81 bits per heavy atom. The molecule has 190 valence electrons. The fourth-order valence-electron chi connectivity index (χ4n) is 4.11. The summed E-state index contributed by atoms with van der Waals surface area (Å²) in [5, 5.41) is 11.4. The van der Waals surface area contributed by atoms with Gasteiger partial charge in [0.05, 0.1) is 13.2 Å². The minimum absolute atomic E-state index is 0.0985. The number of fused-ring (bicyclic) bond motifs is 1. The molecule has 36 heavy (non-hydrogen) atoms. The minimum Gasteiger partial charge on any atom is -0.495 e. The van der Waals surface area contributed by atoms with E-state index >= 15 is 0 Å². The van der Waals surface area contributed by atoms with Gasteiger partial charge in [-0.25, -0.2) is 13.1 Å². The predicted molar refractivity (Wildman–Crippen MR) is 137 cm³/mol. The second kappa shape index (κ2) is 9.74. The monoisotopic (exact) mass is 530 g/mol. The summed E-state index contributed by atoms with van der Waals surface area (Å²) < 4.78 is 40.6. The maximum Gasteiger partial charge on any atom is 0.258 e. The topological polar surface area (TPSA) is 105 Å². The number of nitrogens with zero attached hydrogens (tertiary/aromatic N) is 1. The number of hydrogen-bond acceptors (Lipinski definition) is 6. The zero-order valence-electron chi connectivity index (χ0n) is 20.2. The quantitative estimate of drug-likeness (QED) is 0.495. The Morgan fingerprint density at radius 3 is 2.47 bits per heavy atom. The van der Waals surface area contributed by atoms with Crippen LogP contribution in [0.4, 0.5) is 5.69 Å². The van der Waals surface area contributed by atoms with Crippen molar-refractivity contribution in [3.05, 3.63) is 82.9 Å². The van der Waals surface area contributed by atoms with Crippen LogP contribution in [0.15, 0.2) is 71.6 Å². The summed E-state index contributed by atoms with van der Waals surface area (Å²) in [6.07, 6.45) is -1.28. The standard InChI is InChI=1S/C26H27ClN2O6S/c1-26(2)24(30)23(28-36(32,33)22-15-17(27)11-13-21(22)34-4)19-14-16(10-12-20(19)35-26)25(31)29(3)18-8-6-5-7-9-18/h5-15,23-24,28,30H,1-4H3/t23-,24+/m1/s1. The van der Waals surface area contributed by atoms with Gasteiger partial charge in [0.2, 0.25) is 10.0 Å². The van der Waals surface area contributed by atoms with Crippen molar-refractivity contribution in [2.24, 2.45) is 0 Å². The lowest BCUT2D eigenvalue weighted by molar-refractivity contribution is -0.0603. The van der Waals surface area contributed by atoms with E-state index < -0.39 is 27.8 Å². The first-order chi connectivity index (χ1) is 16.9. The molecule has 0 spiro atoms. The van der Waals surface area contributed by atoms with E-state index in [1.807, 2.05) is 18.2 Å². The second-order valence-corrected chi connectivity index (χ2v) is 11.1. The van der Waals surface area contributed by atoms with E-state index in [-0.39, 0.29) is 21.6 Å². The van der Waals surface area contributed by atoms with E-state index in [2.05, 4.69) is 4.72 Å². The molecule has 3 aromatic rings. The molecule has 4 rings (SSSR count). The van der Waals surface area contributed by atoms with Crippen molar-refractivity contribution in [2.45, 2.75) is 36.5 Å². The highest BCUT2D eigenvalue weighted by Crippen LogP contribution is 2.41. The summed E-state index contributed by atoms with van der Waals surface area (Å²) in [7, 11) is -1.21. The van der Waals surface area contributed by atoms with Gasteiger partial charge in [-0.05, 0) is 62.4 Å². The number of methoxy groups -OCH3 is 1. The molecule has 10 heteroatoms. The maximum absolute atomic E-state index is 13.4. The molecule has 0 aliphatic carbocycles. The summed E-state index contributed by atoms with van der Waals surface area (Å²) >= 11 is 6.05. The first-order valence-corrected chi connectivity index (χ1v) is 13.0. The van der Waals surface area contributed by atoms with Gasteiger partial charge >= 0.3 is 0 Å². The molecule has 0 fully saturated rings. The number of ether oxygens (including phenoxy) is 2. The SMILES string of the molecule is COc1ccc(Cl)cc1S(=O)(=O)N[C@@H]1c2cc(C(=O)N(C)c3ccccc3)ccc2OC(C)(C)[C@H]1O. The van der Waals surface area contributed by atoms with E-state index in [0.717, 1.165) is 0 Å². The molecule has 0 unspecified atom stereocenters. The zero-order valence-corrected chi connectivity index (χ0v) is 21.8. The minimum atomic E-state index is -4.21. The summed E-state index contributed by atoms with van der Waals surface area (Å²) in [6, 6.07) is 17.0. The molecule has 1 aliphatic heterocycles. The van der Waals surface area contributed by atoms with Gasteiger partial charge in [0.15, 0.2) is 0 Å². The fraction of sp³-hybridized carbons (Fsp3) is 0.269. The highest BCUT2D eigenvalue weighted by molar-refractivity contribution is 7.89. The highest BCUT2D eigenvalue weighted by Gasteiger charge is 2.45. The molecule has 0 saturated carbocycles. The van der Waals surface area contributed by atoms with Crippen LogP contribution in [0.3, 0.4) is 0 Å². The number of halogens is 1. The van der Waals surface area contributed by atoms with Crippen LogP contribution >= 0.6 is 11.6 Å². The van der Waals surface area contributed by atoms with Crippen LogP contribution in [0.2, 0.25) is 5.02 Å². The molecular formula is C26H27ClN2O6S. The van der Waals surface area contributed by atoms with Gasteiger partial charge < -0.3 is 19.5 Å². The van der Waals surface area contributed by atoms with Crippen molar-refractivity contribution >= 4 is 33.2 Å². The van der Waals surface area contributed by atoms with Gasteiger partial charge in [0.25, 0.3) is 5.91 Å². The lowest BCUT2D eigenvalue weighted by atomic mass is 9.86. The summed E-state index contributed by atoms with van der Waals surface area (Å²) in [6.45, 7) is 3.31. The first-order valence-electron chi connectivity index (χ1n) is 11.1. The molecule has 2 N–H and O–H groups in total. The number of amides is 1. The average Bonchev–Trinajstić information content (AvgIpc) is 2.86. The number of aliphatic hydroxyl groups excluding tert-OH is 1. The molecule has 1 aliphatic rings. The van der Waals surface area contributed by atoms with Crippen LogP contribution < -0.4 is 19.1 Å². The lowest BCUT2D eigenvalue weighted by Gasteiger charge is -2.42. The molecule has 2 atom stereocenters. The molecule has 8 nitrogen and oxygen atoms in total. The predicted octanol–water partition coefficient (Wildman–Crippen LogP) is 4.18. The smallest absolute Gasteiger partial charge is 0.258 e. The molecule has 0 saturated heterocycles. The molecule has 1 amide bonds. The first kappa shape index (κ1) is 26.0. The van der Waals surface area contributed by atoms with Crippen LogP contribution in [0, 0.1) is 0 Å². The number of sulfonamides is 1. The third-order valence-electron chi connectivity index (χ3n) is 6.14. The fourth-order valence-corrected chi connectivity index (χ4v) is 5.77. The number of benzene rings is 3. The normalized spacial score (nSPS) is 18.6. The van der Waals surface area contributed by atoms with Gasteiger partial charge in [0, 0.05) is 28.9 Å². The lowest BCUT2D eigenvalue weighted by Crippen LogP contribution is -2.53. The van der Waals surface area contributed by atoms with Crippen LogP contribution in [-0.2, 0) is 10.0 Å². The van der Waals surface area contributed by atoms with E-state index in [9.17, 15) is 18.3 Å². The molecule has 0 bridgehead atoms. The Morgan fingerprint density at radius 1 is 1.11 bits per heavy atom. The van der Waals surface area contributed by atoms with E-state index in [4.69, 9.17) is 21.1 Å². The molecule has 0 radical (unpaired) electrons. The Hall–Kier alpha value is -3.11. The van der Waals surface area contributed by atoms with Gasteiger partial charge in [0.1, 0.15) is 28.1 Å². The number of para-hydroxylation sites is 1. The Balaban J connectivity index is 1.76. The zero-order chi connectivity index (χ0) is 26.3. The van der Waals surface area contributed by atoms with Crippen LogP contribution in [0.1, 0.15) is 35.8 Å². The number of anilines is 1. The van der Waals surface area contributed by atoms with Gasteiger partial charge in [-0.3, -0.25) is 4.79 Å². The third-order valence-corrected chi connectivity index (χ3v) is 7.84. The van der Waals surface area contributed by atoms with Crippen LogP contribution in [0.5, 0.6) is 11.5 Å². The Bertz CT molecular complexity index is 1390. The van der Waals surface area contributed by atoms with E-state index in [1.165, 1.54) is 36.3 Å². The average molecular weight is 531 g/mol. The van der Waals surface area contributed by atoms with Crippen molar-refractivity contribution in [3.63, 3.8) is 0 Å². The number of carbonyl (C=O) groups excluding carboxylic acids is 1. The van der Waals surface area contributed by atoms with Gasteiger partial charge in [-0.15, -0.1) is 0 Å². The molecule has 3 aromatic carbocycles. The molecule has 1 heterocycles. The molecule has 0 aromatic heterocycles. The second-order valence-electron chi connectivity index (χ2n) is 9.00. The Labute approximate surface area is 215 Å². The van der Waals surface area contributed by atoms with Crippen LogP contribution in [-0.4, -0.2) is 45.3 Å². The van der Waals surface area contributed by atoms with Crippen molar-refractivity contribution in [3.8, 4) is 11.5 Å². The number of hydrogen-bond donors (Lipinski definition) is 2. The number of rotatable bonds is 6. The highest BCUT2D eigenvalue weighted by atomic mass is 35.5. The van der Waals surface area contributed by atoms with Crippen LogP contribution in [0.25, 0.3) is 0 Å². The van der Waals surface area contributed by atoms with Crippen molar-refractivity contribution in [1.82, 2.24) is 4.72 Å². The summed E-state index contributed by atoms with van der Waals surface area (Å²) in [5.74, 6) is 0.151. The third kappa shape index (κ3) is 4.92. The van der Waals surface area contributed by atoms with Gasteiger partial charge in [-0.1, -0.05) is 29.8 Å². The van der Waals surface area contributed by atoms with E-state index in [0.29, 0.717) is 22.6 Å². The summed E-state index contributed by atoms with van der Waals surface area (Å²) in [4.78, 5) is 14.5. The Kier molecular flexibility index (Phi) is 7.03. The van der Waals surface area contributed by atoms with Crippen molar-refractivity contribution in [1.29, 1.82) is 0 Å². The maximum atomic E-state index is 13.4. The van der Waals surface area contributed by atoms with Crippen molar-refractivity contribution in [2.75, 3.05) is 19.1 Å². The molecular weight excluding hydrogens is 504 g/mol. The number of carbonyl (C=O) groups is 1. The summed E-state index contributed by atoms with van der Waals surface area (Å²) in [5.41, 5.74) is 0.215. The van der Waals surface area contributed by atoms with E-state index in [1.54, 1.807) is 45.2 Å². The number of nitrogens with one attached hydrogen (secondary N) is 1. The van der Waals surface area contributed by atoms with Crippen molar-refractivity contribution < 1.29 is 27.8 Å². The number of aliphatic hydroxyl groups is 1. The van der Waals surface area contributed by atoms with Gasteiger partial charge in [-0.2, -0.15) is 0 Å². The largest absolute Gasteiger partial charge is 0.495 e.